The van der Waals surface area contributed by atoms with E-state index in [1.165, 1.54) is 4.68 Å². The van der Waals surface area contributed by atoms with Gasteiger partial charge < -0.3 is 18.5 Å². The molecule has 0 saturated heterocycles. The number of carbonyl (C=O) groups is 1. The van der Waals surface area contributed by atoms with Crippen LogP contribution in [-0.4, -0.2) is 39.1 Å². The zero-order valence-corrected chi connectivity index (χ0v) is 25.3. The number of halogens is 1. The second-order valence-electron chi connectivity index (χ2n) is 10.6. The summed E-state index contributed by atoms with van der Waals surface area (Å²) < 4.78 is 20.1. The fraction of sp³-hybridized carbons (Fsp3) is 0.176. The molecule has 0 spiro atoms. The number of carbonyl (C=O) groups excluding carboxylic acids is 1. The highest BCUT2D eigenvalue weighted by molar-refractivity contribution is 6.31. The molecule has 0 aliphatic carbocycles. The van der Waals surface area contributed by atoms with Gasteiger partial charge in [0.15, 0.2) is 12.4 Å². The number of aryl methyl sites for hydroxylation is 1. The summed E-state index contributed by atoms with van der Waals surface area (Å²) in [6.07, 6.45) is 1.45. The van der Waals surface area contributed by atoms with Gasteiger partial charge in [-0.05, 0) is 94.4 Å². The van der Waals surface area contributed by atoms with Crippen LogP contribution in [0.1, 0.15) is 30.8 Å². The molecule has 0 aliphatic heterocycles. The topological polar surface area (TPSA) is 101 Å². The van der Waals surface area contributed by atoms with Crippen molar-refractivity contribution in [2.24, 2.45) is 5.10 Å². The molecule has 222 valence electrons. The van der Waals surface area contributed by atoms with Gasteiger partial charge in [-0.1, -0.05) is 23.7 Å². The fourth-order valence-corrected chi connectivity index (χ4v) is 5.26. The Morgan fingerprint density at radius 2 is 1.82 bits per heavy atom. The molecule has 6 rings (SSSR count). The zero-order chi connectivity index (χ0) is 31.0. The highest BCUT2D eigenvalue weighted by Gasteiger charge is 2.17. The van der Waals surface area contributed by atoms with Crippen molar-refractivity contribution in [3.8, 4) is 23.0 Å². The maximum Gasteiger partial charge on any atom is 0.344 e. The first-order valence-corrected chi connectivity index (χ1v) is 14.4. The van der Waals surface area contributed by atoms with Crippen molar-refractivity contribution >= 4 is 45.7 Å². The fourth-order valence-electron chi connectivity index (χ4n) is 5.08. The van der Waals surface area contributed by atoms with Gasteiger partial charge in [-0.2, -0.15) is 9.78 Å². The summed E-state index contributed by atoms with van der Waals surface area (Å²) in [4.78, 5) is 30.2. The Bertz CT molecular complexity index is 2100. The Hall–Kier alpha value is -5.15. The monoisotopic (exact) mass is 608 g/mol. The second-order valence-corrected chi connectivity index (χ2v) is 11.0. The molecule has 9 nitrogen and oxygen atoms in total. The third-order valence-corrected chi connectivity index (χ3v) is 7.29. The third kappa shape index (κ3) is 5.74. The Balaban J connectivity index is 1.34. The van der Waals surface area contributed by atoms with Crippen molar-refractivity contribution in [2.75, 3.05) is 6.61 Å². The van der Waals surface area contributed by atoms with Crippen LogP contribution in [-0.2, 0) is 9.53 Å². The zero-order valence-electron chi connectivity index (χ0n) is 24.6. The number of fused-ring (bicyclic) bond motifs is 2. The van der Waals surface area contributed by atoms with Gasteiger partial charge in [-0.3, -0.25) is 4.79 Å². The summed E-state index contributed by atoms with van der Waals surface area (Å²) in [7, 11) is 0. The van der Waals surface area contributed by atoms with Gasteiger partial charge in [0.1, 0.15) is 11.3 Å². The molecule has 0 atom stereocenters. The SMILES string of the molecule is Cc1cc(C=Nn2c(-c3cc4cc(Cl)ccc4o3)nc3ccccc3c2=O)c(C)n1-c1ccc(OCC(=O)OC(C)C)cc1. The molecule has 3 aromatic heterocycles. The van der Waals surface area contributed by atoms with Crippen molar-refractivity contribution in [3.63, 3.8) is 0 Å². The molecular weight excluding hydrogens is 580 g/mol. The summed E-state index contributed by atoms with van der Waals surface area (Å²) in [6, 6.07) is 23.7. The average molecular weight is 609 g/mol. The van der Waals surface area contributed by atoms with Gasteiger partial charge in [0.05, 0.1) is 23.2 Å². The Morgan fingerprint density at radius 3 is 2.59 bits per heavy atom. The standard InChI is InChI=1S/C34H29ClN4O5/c1-20(2)43-32(40)19-42-27-12-10-26(11-13-27)38-21(3)15-24(22(38)4)18-36-39-33(37-29-8-6-5-7-28(29)34(39)41)31-17-23-16-25(35)9-14-30(23)44-31/h5-18,20H,19H2,1-4H3. The largest absolute Gasteiger partial charge is 0.482 e. The van der Waals surface area contributed by atoms with Crippen molar-refractivity contribution in [2.45, 2.75) is 33.8 Å². The molecule has 0 aliphatic rings. The lowest BCUT2D eigenvalue weighted by atomic mass is 10.2. The number of para-hydroxylation sites is 1. The van der Waals surface area contributed by atoms with Gasteiger partial charge in [0.2, 0.25) is 5.82 Å². The van der Waals surface area contributed by atoms with E-state index in [1.54, 1.807) is 74.7 Å². The summed E-state index contributed by atoms with van der Waals surface area (Å²) in [6.45, 7) is 7.39. The molecule has 6 aromatic rings. The van der Waals surface area contributed by atoms with Gasteiger partial charge >= 0.3 is 5.97 Å². The molecular formula is C34H29ClN4O5. The van der Waals surface area contributed by atoms with E-state index in [4.69, 9.17) is 30.5 Å². The van der Waals surface area contributed by atoms with Gasteiger partial charge in [0.25, 0.3) is 5.56 Å². The number of benzene rings is 3. The van der Waals surface area contributed by atoms with E-state index in [2.05, 4.69) is 9.67 Å². The normalized spacial score (nSPS) is 11.7. The number of furan rings is 1. The van der Waals surface area contributed by atoms with E-state index in [1.807, 2.05) is 38.1 Å². The first-order valence-electron chi connectivity index (χ1n) is 14.0. The summed E-state index contributed by atoms with van der Waals surface area (Å²) >= 11 is 6.19. The van der Waals surface area contributed by atoms with Gasteiger partial charge in [0, 0.05) is 33.0 Å². The van der Waals surface area contributed by atoms with Crippen LogP contribution in [0.15, 0.2) is 93.2 Å². The molecule has 44 heavy (non-hydrogen) atoms. The van der Waals surface area contributed by atoms with Crippen molar-refractivity contribution < 1.29 is 18.7 Å². The molecule has 0 N–H and O–H groups in total. The summed E-state index contributed by atoms with van der Waals surface area (Å²) in [5, 5.41) is 6.44. The van der Waals surface area contributed by atoms with Crippen molar-refractivity contribution in [1.82, 2.24) is 14.2 Å². The molecule has 3 aromatic carbocycles. The van der Waals surface area contributed by atoms with Crippen LogP contribution in [0.25, 0.3) is 39.1 Å². The number of nitrogens with zero attached hydrogens (tertiary/aromatic N) is 4. The molecule has 0 bridgehead atoms. The molecule has 0 unspecified atom stereocenters. The van der Waals surface area contributed by atoms with E-state index in [0.29, 0.717) is 33.0 Å². The molecule has 0 saturated carbocycles. The van der Waals surface area contributed by atoms with E-state index < -0.39 is 5.97 Å². The van der Waals surface area contributed by atoms with Crippen LogP contribution in [0.2, 0.25) is 5.02 Å². The minimum atomic E-state index is -0.418. The molecule has 10 heteroatoms. The predicted octanol–water partition coefficient (Wildman–Crippen LogP) is 7.08. The Morgan fingerprint density at radius 1 is 1.05 bits per heavy atom. The smallest absolute Gasteiger partial charge is 0.344 e. The number of hydrogen-bond acceptors (Lipinski definition) is 7. The first-order chi connectivity index (χ1) is 21.2. The molecule has 0 radical (unpaired) electrons. The number of rotatable bonds is 8. The van der Waals surface area contributed by atoms with Crippen LogP contribution in [0, 0.1) is 13.8 Å². The number of ether oxygens (including phenoxy) is 2. The highest BCUT2D eigenvalue weighted by Crippen LogP contribution is 2.29. The predicted molar refractivity (Wildman–Crippen MR) is 171 cm³/mol. The van der Waals surface area contributed by atoms with Crippen molar-refractivity contribution in [1.29, 1.82) is 0 Å². The highest BCUT2D eigenvalue weighted by atomic mass is 35.5. The first kappa shape index (κ1) is 28.9. The van der Waals surface area contributed by atoms with Crippen LogP contribution < -0.4 is 10.3 Å². The maximum absolute atomic E-state index is 13.7. The van der Waals surface area contributed by atoms with Gasteiger partial charge in [-0.25, -0.2) is 9.78 Å². The number of aromatic nitrogens is 3. The Kier molecular flexibility index (Phi) is 7.80. The van der Waals surface area contributed by atoms with Gasteiger partial charge in [-0.15, -0.1) is 0 Å². The lowest BCUT2D eigenvalue weighted by molar-refractivity contribution is -0.149. The Labute approximate surface area is 257 Å². The van der Waals surface area contributed by atoms with Crippen LogP contribution in [0.3, 0.4) is 0 Å². The number of esters is 1. The average Bonchev–Trinajstić information content (AvgIpc) is 3.54. The van der Waals surface area contributed by atoms with E-state index in [0.717, 1.165) is 28.0 Å². The second kappa shape index (κ2) is 11.9. The van der Waals surface area contributed by atoms with E-state index >= 15 is 0 Å². The lowest BCUT2D eigenvalue weighted by Crippen LogP contribution is -2.20. The number of hydrogen-bond donors (Lipinski definition) is 0. The van der Waals surface area contributed by atoms with E-state index in [9.17, 15) is 9.59 Å². The third-order valence-electron chi connectivity index (χ3n) is 7.05. The minimum Gasteiger partial charge on any atom is -0.482 e. The molecule has 0 amide bonds. The summed E-state index contributed by atoms with van der Waals surface area (Å²) in [5.74, 6) is 0.812. The lowest BCUT2D eigenvalue weighted by Gasteiger charge is -2.12. The van der Waals surface area contributed by atoms with E-state index in [-0.39, 0.29) is 24.1 Å². The molecule has 0 fully saturated rings. The summed E-state index contributed by atoms with van der Waals surface area (Å²) in [5.41, 5.74) is 4.46. The van der Waals surface area contributed by atoms with Crippen LogP contribution in [0.4, 0.5) is 0 Å². The van der Waals surface area contributed by atoms with Crippen LogP contribution >= 0.6 is 11.6 Å². The van der Waals surface area contributed by atoms with Crippen LogP contribution in [0.5, 0.6) is 5.75 Å². The maximum atomic E-state index is 13.7. The molecule has 3 heterocycles. The van der Waals surface area contributed by atoms with Crippen molar-refractivity contribution in [3.05, 3.63) is 111 Å². The minimum absolute atomic E-state index is 0.160. The quantitative estimate of drug-likeness (QED) is 0.135.